The largest absolute Gasteiger partial charge is 0.480 e. The number of carboxylic acid groups (broad SMARTS) is 1. The van der Waals surface area contributed by atoms with Crippen LogP contribution in [0.15, 0.2) is 54.6 Å². The molecular weight excluding hydrogens is 392 g/mol. The van der Waals surface area contributed by atoms with E-state index in [1.54, 1.807) is 17.0 Å². The third-order valence-corrected chi connectivity index (χ3v) is 5.52. The molecule has 0 radical (unpaired) electrons. The van der Waals surface area contributed by atoms with Gasteiger partial charge in [0, 0.05) is 18.0 Å². The van der Waals surface area contributed by atoms with Crippen LogP contribution < -0.4 is 10.2 Å². The number of aliphatic carboxylic acids is 1. The van der Waals surface area contributed by atoms with Gasteiger partial charge in [-0.05, 0) is 23.6 Å². The minimum atomic E-state index is -1.17. The van der Waals surface area contributed by atoms with Gasteiger partial charge in [0.2, 0.25) is 5.91 Å². The lowest BCUT2D eigenvalue weighted by Gasteiger charge is -2.18. The van der Waals surface area contributed by atoms with Crippen LogP contribution in [0.4, 0.5) is 10.5 Å². The van der Waals surface area contributed by atoms with Gasteiger partial charge in [-0.15, -0.1) is 11.8 Å². The number of carboxylic acids is 1. The van der Waals surface area contributed by atoms with Gasteiger partial charge >= 0.3 is 12.1 Å². The van der Waals surface area contributed by atoms with Gasteiger partial charge < -0.3 is 20.1 Å². The first-order chi connectivity index (χ1) is 14.0. The summed E-state index contributed by atoms with van der Waals surface area (Å²) in [5, 5.41) is 11.7. The van der Waals surface area contributed by atoms with E-state index in [1.807, 2.05) is 42.5 Å². The number of benzene rings is 2. The van der Waals surface area contributed by atoms with E-state index < -0.39 is 18.1 Å². The molecule has 152 valence electrons. The topological polar surface area (TPSA) is 95.9 Å². The number of rotatable bonds is 8. The summed E-state index contributed by atoms with van der Waals surface area (Å²) in [4.78, 5) is 37.5. The van der Waals surface area contributed by atoms with Crippen LogP contribution in [-0.2, 0) is 27.4 Å². The van der Waals surface area contributed by atoms with Gasteiger partial charge in [0.25, 0.3) is 0 Å². The van der Waals surface area contributed by atoms with Crippen molar-refractivity contribution in [1.82, 2.24) is 5.32 Å². The van der Waals surface area contributed by atoms with E-state index in [9.17, 15) is 19.5 Å². The molecule has 0 saturated heterocycles. The van der Waals surface area contributed by atoms with Crippen LogP contribution in [0.2, 0.25) is 0 Å². The van der Waals surface area contributed by atoms with Crippen LogP contribution in [-0.4, -0.2) is 47.2 Å². The van der Waals surface area contributed by atoms with E-state index in [0.717, 1.165) is 23.2 Å². The molecule has 2 aromatic rings. The molecule has 8 heteroatoms. The maximum atomic E-state index is 12.5. The first-order valence-corrected chi connectivity index (χ1v) is 10.4. The number of carbonyl (C=O) groups excluding carboxylic acids is 2. The number of ether oxygens (including phenoxy) is 1. The molecular formula is C21H22N2O5S. The number of nitrogens with one attached hydrogen (secondary N) is 1. The molecule has 7 nitrogen and oxygen atoms in total. The molecule has 2 aromatic carbocycles. The zero-order valence-corrected chi connectivity index (χ0v) is 16.6. The van der Waals surface area contributed by atoms with Gasteiger partial charge in [0.15, 0.2) is 0 Å². The lowest BCUT2D eigenvalue weighted by Crippen LogP contribution is -2.43. The second kappa shape index (κ2) is 9.97. The second-order valence-corrected chi connectivity index (χ2v) is 7.57. The van der Waals surface area contributed by atoms with Gasteiger partial charge in [0.05, 0.1) is 5.75 Å². The summed E-state index contributed by atoms with van der Waals surface area (Å²) in [5.74, 6) is -1.04. The van der Waals surface area contributed by atoms with Crippen molar-refractivity contribution in [2.45, 2.75) is 19.1 Å². The maximum absolute atomic E-state index is 12.5. The van der Waals surface area contributed by atoms with Crippen molar-refractivity contribution in [1.29, 1.82) is 0 Å². The highest BCUT2D eigenvalue weighted by atomic mass is 32.2. The Morgan fingerprint density at radius 3 is 2.59 bits per heavy atom. The predicted octanol–water partition coefficient (Wildman–Crippen LogP) is 2.69. The molecule has 1 atom stereocenters. The van der Waals surface area contributed by atoms with Crippen molar-refractivity contribution in [2.75, 3.05) is 23.0 Å². The Morgan fingerprint density at radius 1 is 1.10 bits per heavy atom. The van der Waals surface area contributed by atoms with Gasteiger partial charge in [0.1, 0.15) is 12.6 Å². The van der Waals surface area contributed by atoms with Gasteiger partial charge in [-0.1, -0.05) is 48.5 Å². The summed E-state index contributed by atoms with van der Waals surface area (Å²) < 4.78 is 5.06. The molecule has 0 aliphatic carbocycles. The van der Waals surface area contributed by atoms with Crippen LogP contribution in [0.5, 0.6) is 0 Å². The van der Waals surface area contributed by atoms with Crippen molar-refractivity contribution in [2.24, 2.45) is 0 Å². The Bertz CT molecular complexity index is 874. The minimum Gasteiger partial charge on any atom is -0.480 e. The van der Waals surface area contributed by atoms with Crippen LogP contribution in [0.25, 0.3) is 0 Å². The van der Waals surface area contributed by atoms with E-state index >= 15 is 0 Å². The molecule has 0 aromatic heterocycles. The number of carbonyl (C=O) groups is 3. The number of para-hydroxylation sites is 1. The molecule has 1 unspecified atom stereocenters. The van der Waals surface area contributed by atoms with Crippen LogP contribution in [0, 0.1) is 0 Å². The highest BCUT2D eigenvalue weighted by Gasteiger charge is 2.25. The number of nitrogens with zero attached hydrogens (tertiary/aromatic N) is 1. The molecule has 0 fully saturated rings. The monoisotopic (exact) mass is 414 g/mol. The number of anilines is 1. The maximum Gasteiger partial charge on any atom is 0.408 e. The lowest BCUT2D eigenvalue weighted by molar-refractivity contribution is -0.138. The molecule has 0 saturated carbocycles. The highest BCUT2D eigenvalue weighted by Crippen LogP contribution is 2.28. The van der Waals surface area contributed by atoms with Gasteiger partial charge in [-0.3, -0.25) is 4.79 Å². The Morgan fingerprint density at radius 2 is 1.83 bits per heavy atom. The molecule has 3 rings (SSSR count). The third kappa shape index (κ3) is 5.74. The molecule has 2 N–H and O–H groups in total. The minimum absolute atomic E-state index is 0.0546. The van der Waals surface area contributed by atoms with Crippen LogP contribution >= 0.6 is 11.8 Å². The number of alkyl carbamates (subject to hydrolysis) is 1. The van der Waals surface area contributed by atoms with Crippen molar-refractivity contribution < 1.29 is 24.2 Å². The number of fused-ring (bicyclic) bond motifs is 1. The predicted molar refractivity (Wildman–Crippen MR) is 111 cm³/mol. The zero-order chi connectivity index (χ0) is 20.6. The Labute approximate surface area is 173 Å². The molecule has 2 amide bonds. The summed E-state index contributed by atoms with van der Waals surface area (Å²) in [5.41, 5.74) is 2.85. The lowest BCUT2D eigenvalue weighted by atomic mass is 10.2. The first-order valence-electron chi connectivity index (χ1n) is 9.20. The summed E-state index contributed by atoms with van der Waals surface area (Å²) >= 11 is 1.17. The molecule has 0 bridgehead atoms. The van der Waals surface area contributed by atoms with Crippen molar-refractivity contribution in [3.8, 4) is 0 Å². The normalized spacial score (nSPS) is 13.4. The quantitative estimate of drug-likeness (QED) is 0.690. The summed E-state index contributed by atoms with van der Waals surface area (Å²) in [6.45, 7) is 0.685. The SMILES string of the molecule is O=C(NC(CSCC(=O)N1CCc2ccccc21)C(=O)O)OCc1ccccc1. The van der Waals surface area contributed by atoms with Crippen molar-refractivity contribution >= 4 is 35.4 Å². The van der Waals surface area contributed by atoms with E-state index in [1.165, 1.54) is 11.8 Å². The molecule has 1 aliphatic heterocycles. The fourth-order valence-corrected chi connectivity index (χ4v) is 3.93. The number of hydrogen-bond acceptors (Lipinski definition) is 5. The van der Waals surface area contributed by atoms with Crippen LogP contribution in [0.1, 0.15) is 11.1 Å². The molecule has 1 heterocycles. The first kappa shape index (κ1) is 20.7. The standard InChI is InChI=1S/C21H22N2O5S/c24-19(23-11-10-16-8-4-5-9-18(16)23)14-29-13-17(20(25)26)22-21(27)28-12-15-6-2-1-3-7-15/h1-9,17H,10-14H2,(H,22,27)(H,25,26). The van der Waals surface area contributed by atoms with E-state index in [-0.39, 0.29) is 24.0 Å². The van der Waals surface area contributed by atoms with E-state index in [4.69, 9.17) is 4.74 Å². The molecule has 29 heavy (non-hydrogen) atoms. The smallest absolute Gasteiger partial charge is 0.408 e. The van der Waals surface area contributed by atoms with Crippen molar-refractivity contribution in [3.05, 3.63) is 65.7 Å². The van der Waals surface area contributed by atoms with E-state index in [0.29, 0.717) is 6.54 Å². The average Bonchev–Trinajstić information content (AvgIpc) is 3.16. The molecule has 1 aliphatic rings. The fraction of sp³-hybridized carbons (Fsp3) is 0.286. The van der Waals surface area contributed by atoms with Crippen molar-refractivity contribution in [3.63, 3.8) is 0 Å². The Balaban J connectivity index is 1.44. The summed E-state index contributed by atoms with van der Waals surface area (Å²) in [7, 11) is 0. The highest BCUT2D eigenvalue weighted by molar-refractivity contribution is 8.00. The third-order valence-electron chi connectivity index (χ3n) is 4.50. The molecule has 0 spiro atoms. The Kier molecular flexibility index (Phi) is 7.13. The van der Waals surface area contributed by atoms with Crippen LogP contribution in [0.3, 0.4) is 0 Å². The number of amides is 2. The van der Waals surface area contributed by atoms with Gasteiger partial charge in [-0.25, -0.2) is 9.59 Å². The second-order valence-electron chi connectivity index (χ2n) is 6.54. The summed E-state index contributed by atoms with van der Waals surface area (Å²) in [6, 6.07) is 15.7. The summed E-state index contributed by atoms with van der Waals surface area (Å²) in [6.07, 6.45) is 0.0146. The Hall–Kier alpha value is -3.00. The fourth-order valence-electron chi connectivity index (χ4n) is 3.02. The number of thioether (sulfide) groups is 1. The van der Waals surface area contributed by atoms with E-state index in [2.05, 4.69) is 5.32 Å². The zero-order valence-electron chi connectivity index (χ0n) is 15.7. The average molecular weight is 414 g/mol. The number of hydrogen-bond donors (Lipinski definition) is 2. The van der Waals surface area contributed by atoms with Gasteiger partial charge in [-0.2, -0.15) is 0 Å².